The Morgan fingerprint density at radius 1 is 1.04 bits per heavy atom. The van der Waals surface area contributed by atoms with E-state index in [1.54, 1.807) is 12.1 Å². The van der Waals surface area contributed by atoms with Gasteiger partial charge in [-0.1, -0.05) is 24.3 Å². The third kappa shape index (κ3) is 6.55. The van der Waals surface area contributed by atoms with Gasteiger partial charge in [0.15, 0.2) is 6.10 Å². The van der Waals surface area contributed by atoms with Gasteiger partial charge in [-0.2, -0.15) is 0 Å². The van der Waals surface area contributed by atoms with Crippen molar-refractivity contribution in [2.45, 2.75) is 38.4 Å². The molecule has 0 amide bonds. The molecule has 4 nitrogen and oxygen atoms in total. The minimum atomic E-state index is -1.03. The summed E-state index contributed by atoms with van der Waals surface area (Å²) in [5.41, 5.74) is 2.08. The van der Waals surface area contributed by atoms with Crippen molar-refractivity contribution in [3.63, 3.8) is 0 Å². The molecular formula is C20H23FO4. The fourth-order valence-electron chi connectivity index (χ4n) is 2.42. The molecule has 2 aromatic carbocycles. The zero-order valence-corrected chi connectivity index (χ0v) is 14.3. The van der Waals surface area contributed by atoms with E-state index >= 15 is 0 Å². The monoisotopic (exact) mass is 346 g/mol. The van der Waals surface area contributed by atoms with E-state index in [1.807, 2.05) is 24.3 Å². The highest BCUT2D eigenvalue weighted by atomic mass is 19.1. The Hall–Kier alpha value is -2.40. The summed E-state index contributed by atoms with van der Waals surface area (Å²) in [4.78, 5) is 11.1. The number of methoxy groups -OCH3 is 1. The van der Waals surface area contributed by atoms with E-state index in [0.717, 1.165) is 30.6 Å². The number of aliphatic hydroxyl groups is 1. The molecule has 2 aromatic rings. The summed E-state index contributed by atoms with van der Waals surface area (Å²) in [7, 11) is 1.27. The fraction of sp³-hybridized carbons (Fsp3) is 0.350. The molecule has 1 N–H and O–H groups in total. The first kappa shape index (κ1) is 18.9. The second kappa shape index (κ2) is 9.79. The molecule has 0 fully saturated rings. The maximum absolute atomic E-state index is 12.8. The Kier molecular flexibility index (Phi) is 7.41. The molecule has 0 aromatic heterocycles. The average Bonchev–Trinajstić information content (AvgIpc) is 2.65. The number of hydrogen-bond acceptors (Lipinski definition) is 4. The lowest BCUT2D eigenvalue weighted by Gasteiger charge is -2.09. The first-order valence-corrected chi connectivity index (χ1v) is 8.30. The molecule has 0 aliphatic carbocycles. The Labute approximate surface area is 147 Å². The van der Waals surface area contributed by atoms with Crippen molar-refractivity contribution in [1.82, 2.24) is 0 Å². The van der Waals surface area contributed by atoms with E-state index in [2.05, 4.69) is 4.74 Å². The number of halogens is 1. The quantitative estimate of drug-likeness (QED) is 0.556. The van der Waals surface area contributed by atoms with Crippen molar-refractivity contribution in [3.8, 4) is 5.75 Å². The van der Waals surface area contributed by atoms with Gasteiger partial charge in [0.2, 0.25) is 0 Å². The third-order valence-electron chi connectivity index (χ3n) is 3.91. The second-order valence-electron chi connectivity index (χ2n) is 5.84. The molecule has 0 spiro atoms. The summed E-state index contributed by atoms with van der Waals surface area (Å²) in [6, 6.07) is 14.0. The van der Waals surface area contributed by atoms with Gasteiger partial charge in [0.25, 0.3) is 0 Å². The molecule has 134 valence electrons. The number of ether oxygens (including phenoxy) is 2. The first-order chi connectivity index (χ1) is 12.1. The molecule has 0 heterocycles. The largest absolute Gasteiger partial charge is 0.489 e. The molecule has 5 heteroatoms. The van der Waals surface area contributed by atoms with Gasteiger partial charge in [0, 0.05) is 0 Å². The number of carbonyl (C=O) groups is 1. The van der Waals surface area contributed by atoms with E-state index in [0.29, 0.717) is 13.0 Å². The molecule has 25 heavy (non-hydrogen) atoms. The lowest BCUT2D eigenvalue weighted by molar-refractivity contribution is -0.150. The number of esters is 1. The third-order valence-corrected chi connectivity index (χ3v) is 3.91. The number of rotatable bonds is 9. The minimum absolute atomic E-state index is 0.257. The number of benzene rings is 2. The summed E-state index contributed by atoms with van der Waals surface area (Å²) in [5, 5.41) is 9.51. The first-order valence-electron chi connectivity index (χ1n) is 8.30. The molecule has 0 aliphatic heterocycles. The van der Waals surface area contributed by atoms with Gasteiger partial charge >= 0.3 is 5.97 Å². The van der Waals surface area contributed by atoms with Crippen molar-refractivity contribution in [2.24, 2.45) is 0 Å². The molecule has 0 bridgehead atoms. The molecule has 0 saturated carbocycles. The molecule has 0 aliphatic rings. The summed E-state index contributed by atoms with van der Waals surface area (Å²) in [6.45, 7) is 0.394. The van der Waals surface area contributed by atoms with E-state index < -0.39 is 12.1 Å². The number of hydrogen-bond donors (Lipinski definition) is 1. The molecule has 1 atom stereocenters. The van der Waals surface area contributed by atoms with Crippen LogP contribution in [0.15, 0.2) is 48.5 Å². The van der Waals surface area contributed by atoms with Gasteiger partial charge in [0.1, 0.15) is 18.2 Å². The fourth-order valence-corrected chi connectivity index (χ4v) is 2.42. The zero-order valence-electron chi connectivity index (χ0n) is 14.3. The summed E-state index contributed by atoms with van der Waals surface area (Å²) >= 11 is 0. The van der Waals surface area contributed by atoms with Gasteiger partial charge in [-0.15, -0.1) is 0 Å². The summed E-state index contributed by atoms with van der Waals surface area (Å²) in [6.07, 6.45) is 1.87. The van der Waals surface area contributed by atoms with Crippen LogP contribution in [0.3, 0.4) is 0 Å². The Morgan fingerprint density at radius 3 is 2.32 bits per heavy atom. The lowest BCUT2D eigenvalue weighted by Crippen LogP contribution is -2.21. The Balaban J connectivity index is 1.70. The van der Waals surface area contributed by atoms with Crippen LogP contribution >= 0.6 is 0 Å². The van der Waals surface area contributed by atoms with Crippen LogP contribution in [0.4, 0.5) is 4.39 Å². The highest BCUT2D eigenvalue weighted by Crippen LogP contribution is 2.16. The van der Waals surface area contributed by atoms with Crippen LogP contribution in [0, 0.1) is 5.82 Å². The molecule has 1 unspecified atom stereocenters. The van der Waals surface area contributed by atoms with Crippen LogP contribution in [0.1, 0.15) is 30.4 Å². The maximum Gasteiger partial charge on any atom is 0.334 e. The molecular weight excluding hydrogens is 323 g/mol. The number of aliphatic hydroxyl groups excluding tert-OH is 1. The standard InChI is InChI=1S/C20H23FO4/c1-24-20(23)19(22)5-3-2-4-15-8-12-18(13-9-15)25-14-16-6-10-17(21)11-7-16/h6-13,19,22H,2-5,14H2,1H3. The topological polar surface area (TPSA) is 55.8 Å². The Morgan fingerprint density at radius 2 is 1.68 bits per heavy atom. The van der Waals surface area contributed by atoms with Gasteiger partial charge in [-0.25, -0.2) is 9.18 Å². The maximum atomic E-state index is 12.8. The van der Waals surface area contributed by atoms with Gasteiger partial charge in [-0.3, -0.25) is 0 Å². The van der Waals surface area contributed by atoms with Crippen molar-refractivity contribution in [1.29, 1.82) is 0 Å². The second-order valence-corrected chi connectivity index (χ2v) is 5.84. The predicted octanol–water partition coefficient (Wildman–Crippen LogP) is 3.65. The van der Waals surface area contributed by atoms with Crippen LogP contribution < -0.4 is 4.74 Å². The summed E-state index contributed by atoms with van der Waals surface area (Å²) in [5.74, 6) is -0.0796. The van der Waals surface area contributed by atoms with Crippen molar-refractivity contribution < 1.29 is 23.8 Å². The molecule has 0 saturated heterocycles. The van der Waals surface area contributed by atoms with Crippen molar-refractivity contribution >= 4 is 5.97 Å². The molecule has 2 rings (SSSR count). The smallest absolute Gasteiger partial charge is 0.334 e. The van der Waals surface area contributed by atoms with Crippen molar-refractivity contribution in [2.75, 3.05) is 7.11 Å². The van der Waals surface area contributed by atoms with Crippen LogP contribution in [0.2, 0.25) is 0 Å². The van der Waals surface area contributed by atoms with Crippen LogP contribution in [0.5, 0.6) is 5.75 Å². The van der Waals surface area contributed by atoms with Crippen LogP contribution in [-0.2, 0) is 22.6 Å². The number of carbonyl (C=O) groups excluding carboxylic acids is 1. The van der Waals surface area contributed by atoms with Crippen molar-refractivity contribution in [3.05, 3.63) is 65.5 Å². The number of aryl methyl sites for hydroxylation is 1. The van der Waals surface area contributed by atoms with E-state index in [1.165, 1.54) is 24.8 Å². The van der Waals surface area contributed by atoms with E-state index in [4.69, 9.17) is 4.74 Å². The average molecular weight is 346 g/mol. The van der Waals surface area contributed by atoms with E-state index in [9.17, 15) is 14.3 Å². The normalized spacial score (nSPS) is 11.8. The lowest BCUT2D eigenvalue weighted by atomic mass is 10.1. The van der Waals surface area contributed by atoms with Gasteiger partial charge < -0.3 is 14.6 Å². The minimum Gasteiger partial charge on any atom is -0.489 e. The highest BCUT2D eigenvalue weighted by molar-refractivity contribution is 5.74. The van der Waals surface area contributed by atoms with Crippen LogP contribution in [0.25, 0.3) is 0 Å². The highest BCUT2D eigenvalue weighted by Gasteiger charge is 2.14. The van der Waals surface area contributed by atoms with E-state index in [-0.39, 0.29) is 5.82 Å². The number of unbranched alkanes of at least 4 members (excludes halogenated alkanes) is 1. The SMILES string of the molecule is COC(=O)C(O)CCCCc1ccc(OCc2ccc(F)cc2)cc1. The van der Waals surface area contributed by atoms with Crippen LogP contribution in [-0.4, -0.2) is 24.3 Å². The predicted molar refractivity (Wildman–Crippen MR) is 92.8 cm³/mol. The zero-order chi connectivity index (χ0) is 18.1. The van der Waals surface area contributed by atoms with Gasteiger partial charge in [0.05, 0.1) is 7.11 Å². The Bertz CT molecular complexity index is 652. The summed E-state index contributed by atoms with van der Waals surface area (Å²) < 4.78 is 23.0. The molecule has 0 radical (unpaired) electrons. The van der Waals surface area contributed by atoms with Gasteiger partial charge in [-0.05, 0) is 61.1 Å².